The van der Waals surface area contributed by atoms with Crippen molar-refractivity contribution in [3.63, 3.8) is 0 Å². The molecule has 10 heteroatoms. The first-order valence-corrected chi connectivity index (χ1v) is 8.74. The number of carbonyl (C=O) groups excluding carboxylic acids is 1. The number of rotatable bonds is 5. The van der Waals surface area contributed by atoms with E-state index in [1.807, 2.05) is 0 Å². The number of amides is 1. The SMILES string of the molecule is CC(=O)Nc1nnc(S(=O)(=O)N(C)Cc2ccc(Cl)cc2)s1. The van der Waals surface area contributed by atoms with Crippen molar-refractivity contribution >= 4 is 44.0 Å². The number of hydrogen-bond donors (Lipinski definition) is 1. The van der Waals surface area contributed by atoms with Gasteiger partial charge in [0.25, 0.3) is 10.0 Å². The molecule has 0 unspecified atom stereocenters. The number of anilines is 1. The molecular formula is C12H13ClN4O3S2. The zero-order valence-corrected chi connectivity index (χ0v) is 14.2. The third-order valence-electron chi connectivity index (χ3n) is 2.64. The Bertz CT molecular complexity index is 774. The molecule has 7 nitrogen and oxygen atoms in total. The van der Waals surface area contributed by atoms with Crippen molar-refractivity contribution in [1.29, 1.82) is 0 Å². The molecule has 0 saturated carbocycles. The van der Waals surface area contributed by atoms with Crippen molar-refractivity contribution in [3.8, 4) is 0 Å². The highest BCUT2D eigenvalue weighted by Gasteiger charge is 2.26. The van der Waals surface area contributed by atoms with Crippen molar-refractivity contribution in [1.82, 2.24) is 14.5 Å². The summed E-state index contributed by atoms with van der Waals surface area (Å²) in [5.74, 6) is -0.338. The van der Waals surface area contributed by atoms with E-state index in [0.717, 1.165) is 21.2 Å². The van der Waals surface area contributed by atoms with Gasteiger partial charge >= 0.3 is 0 Å². The second-order valence-electron chi connectivity index (χ2n) is 4.44. The third-order valence-corrected chi connectivity index (χ3v) is 5.88. The van der Waals surface area contributed by atoms with Crippen LogP contribution in [0.15, 0.2) is 28.6 Å². The molecule has 1 amide bonds. The number of nitrogens with one attached hydrogen (secondary N) is 1. The van der Waals surface area contributed by atoms with Crippen molar-refractivity contribution in [2.24, 2.45) is 0 Å². The van der Waals surface area contributed by atoms with Crippen molar-refractivity contribution < 1.29 is 13.2 Å². The smallest absolute Gasteiger partial charge is 0.272 e. The van der Waals surface area contributed by atoms with E-state index < -0.39 is 10.0 Å². The average Bonchev–Trinajstić information content (AvgIpc) is 2.89. The predicted molar refractivity (Wildman–Crippen MR) is 84.3 cm³/mol. The normalized spacial score (nSPS) is 11.6. The zero-order chi connectivity index (χ0) is 16.3. The first-order chi connectivity index (χ1) is 10.3. The summed E-state index contributed by atoms with van der Waals surface area (Å²) in [7, 11) is -2.32. The lowest BCUT2D eigenvalue weighted by molar-refractivity contribution is -0.114. The quantitative estimate of drug-likeness (QED) is 0.823. The molecule has 1 aromatic heterocycles. The van der Waals surface area contributed by atoms with Crippen molar-refractivity contribution in [2.45, 2.75) is 17.8 Å². The average molecular weight is 361 g/mol. The number of benzene rings is 1. The van der Waals surface area contributed by atoms with Gasteiger partial charge in [0.1, 0.15) is 0 Å². The maximum Gasteiger partial charge on any atom is 0.272 e. The summed E-state index contributed by atoms with van der Waals surface area (Å²) in [4.78, 5) is 10.9. The second kappa shape index (κ2) is 6.69. The van der Waals surface area contributed by atoms with Gasteiger partial charge in [-0.15, -0.1) is 10.2 Å². The molecule has 0 spiro atoms. The number of nitrogens with zero attached hydrogens (tertiary/aromatic N) is 3. The van der Waals surface area contributed by atoms with E-state index >= 15 is 0 Å². The Hall–Kier alpha value is -1.55. The van der Waals surface area contributed by atoms with Crippen LogP contribution in [0.3, 0.4) is 0 Å². The molecule has 0 aliphatic carbocycles. The maximum atomic E-state index is 12.4. The van der Waals surface area contributed by atoms with Gasteiger partial charge < -0.3 is 5.32 Å². The fourth-order valence-corrected chi connectivity index (χ4v) is 4.00. The Labute approximate surface area is 137 Å². The van der Waals surface area contributed by atoms with Crippen LogP contribution in [-0.2, 0) is 21.4 Å². The Balaban J connectivity index is 2.16. The first-order valence-electron chi connectivity index (χ1n) is 6.11. The molecule has 2 aromatic rings. The summed E-state index contributed by atoms with van der Waals surface area (Å²) in [5, 5.41) is 10.4. The number of hydrogen-bond acceptors (Lipinski definition) is 6. The standard InChI is InChI=1S/C12H13ClN4O3S2/c1-8(18)14-11-15-16-12(21-11)22(19,20)17(2)7-9-3-5-10(13)6-4-9/h3-6H,7H2,1-2H3,(H,14,15,18). The second-order valence-corrected chi connectivity index (χ2v) is 8.07. The van der Waals surface area contributed by atoms with Gasteiger partial charge in [-0.05, 0) is 17.7 Å². The van der Waals surface area contributed by atoms with E-state index in [4.69, 9.17) is 11.6 Å². The summed E-state index contributed by atoms with van der Waals surface area (Å²) in [6, 6.07) is 6.88. The summed E-state index contributed by atoms with van der Waals surface area (Å²) >= 11 is 6.60. The van der Waals surface area contributed by atoms with E-state index in [1.54, 1.807) is 24.3 Å². The molecule has 0 aliphatic rings. The van der Waals surface area contributed by atoms with Crippen LogP contribution in [0.5, 0.6) is 0 Å². The van der Waals surface area contributed by atoms with Gasteiger partial charge in [-0.3, -0.25) is 4.79 Å². The Kier molecular flexibility index (Phi) is 5.12. The van der Waals surface area contributed by atoms with E-state index in [1.165, 1.54) is 14.0 Å². The van der Waals surface area contributed by atoms with Crippen LogP contribution in [0.2, 0.25) is 5.02 Å². The lowest BCUT2D eigenvalue weighted by atomic mass is 10.2. The molecule has 0 bridgehead atoms. The van der Waals surface area contributed by atoms with Crippen LogP contribution >= 0.6 is 22.9 Å². The lowest BCUT2D eigenvalue weighted by Gasteiger charge is -2.14. The van der Waals surface area contributed by atoms with E-state index in [2.05, 4.69) is 15.5 Å². The molecule has 0 saturated heterocycles. The van der Waals surface area contributed by atoms with Crippen molar-refractivity contribution in [3.05, 3.63) is 34.9 Å². The molecule has 0 aliphatic heterocycles. The van der Waals surface area contributed by atoms with Gasteiger partial charge in [0.2, 0.25) is 15.4 Å². The predicted octanol–water partition coefficient (Wildman–Crippen LogP) is 1.97. The number of aromatic nitrogens is 2. The lowest BCUT2D eigenvalue weighted by Crippen LogP contribution is -2.26. The van der Waals surface area contributed by atoms with Crippen LogP contribution in [0.1, 0.15) is 12.5 Å². The maximum absolute atomic E-state index is 12.4. The molecule has 0 atom stereocenters. The highest BCUT2D eigenvalue weighted by molar-refractivity contribution is 7.91. The van der Waals surface area contributed by atoms with E-state index in [9.17, 15) is 13.2 Å². The largest absolute Gasteiger partial charge is 0.301 e. The summed E-state index contributed by atoms with van der Waals surface area (Å²) < 4.78 is 25.8. The molecule has 22 heavy (non-hydrogen) atoms. The van der Waals surface area contributed by atoms with E-state index in [-0.39, 0.29) is 21.9 Å². The van der Waals surface area contributed by atoms with Crippen LogP contribution in [-0.4, -0.2) is 35.9 Å². The molecule has 0 radical (unpaired) electrons. The minimum atomic E-state index is -3.77. The minimum Gasteiger partial charge on any atom is -0.301 e. The summed E-state index contributed by atoms with van der Waals surface area (Å²) in [5.41, 5.74) is 0.794. The Morgan fingerprint density at radius 1 is 1.32 bits per heavy atom. The van der Waals surface area contributed by atoms with Gasteiger partial charge in [0.05, 0.1) is 0 Å². The van der Waals surface area contributed by atoms with Gasteiger partial charge in [-0.1, -0.05) is 35.1 Å². The van der Waals surface area contributed by atoms with Crippen LogP contribution in [0, 0.1) is 0 Å². The molecule has 118 valence electrons. The molecular weight excluding hydrogens is 348 g/mol. The molecule has 1 heterocycles. The van der Waals surface area contributed by atoms with Gasteiger partial charge in [-0.25, -0.2) is 8.42 Å². The highest BCUT2D eigenvalue weighted by Crippen LogP contribution is 2.23. The van der Waals surface area contributed by atoms with Gasteiger partial charge in [-0.2, -0.15) is 4.31 Å². The van der Waals surface area contributed by atoms with Crippen LogP contribution in [0.25, 0.3) is 0 Å². The Morgan fingerprint density at radius 3 is 2.55 bits per heavy atom. The fourth-order valence-electron chi connectivity index (χ4n) is 1.58. The fraction of sp³-hybridized carbons (Fsp3) is 0.250. The van der Waals surface area contributed by atoms with Gasteiger partial charge in [0, 0.05) is 25.5 Å². The summed E-state index contributed by atoms with van der Waals surface area (Å²) in [6.45, 7) is 1.48. The summed E-state index contributed by atoms with van der Waals surface area (Å²) in [6.07, 6.45) is 0. The topological polar surface area (TPSA) is 92.3 Å². The number of sulfonamides is 1. The van der Waals surface area contributed by atoms with E-state index in [0.29, 0.717) is 5.02 Å². The zero-order valence-electron chi connectivity index (χ0n) is 11.8. The first kappa shape index (κ1) is 16.8. The third kappa shape index (κ3) is 4.01. The minimum absolute atomic E-state index is 0.144. The van der Waals surface area contributed by atoms with Crippen LogP contribution < -0.4 is 5.32 Å². The molecule has 1 aromatic carbocycles. The molecule has 0 fully saturated rings. The molecule has 1 N–H and O–H groups in total. The number of carbonyl (C=O) groups is 1. The monoisotopic (exact) mass is 360 g/mol. The number of halogens is 1. The van der Waals surface area contributed by atoms with Crippen molar-refractivity contribution in [2.75, 3.05) is 12.4 Å². The molecule has 2 rings (SSSR count). The van der Waals surface area contributed by atoms with Crippen LogP contribution in [0.4, 0.5) is 5.13 Å². The van der Waals surface area contributed by atoms with Gasteiger partial charge in [0.15, 0.2) is 0 Å². The highest BCUT2D eigenvalue weighted by atomic mass is 35.5. The Morgan fingerprint density at radius 2 is 1.95 bits per heavy atom.